The Morgan fingerprint density at radius 1 is 1.16 bits per heavy atom. The molecule has 0 amide bonds. The van der Waals surface area contributed by atoms with Crippen LogP contribution in [0, 0.1) is 0 Å². The van der Waals surface area contributed by atoms with Crippen LogP contribution < -0.4 is 4.90 Å². The lowest BCUT2D eigenvalue weighted by molar-refractivity contribution is -0.147. The summed E-state index contributed by atoms with van der Waals surface area (Å²) in [6.45, 7) is 6.00. The Bertz CT molecular complexity index is 1390. The second kappa shape index (κ2) is 11.0. The van der Waals surface area contributed by atoms with E-state index in [9.17, 15) is 13.2 Å². The number of esters is 1. The molecule has 0 fully saturated rings. The summed E-state index contributed by atoms with van der Waals surface area (Å²) in [6, 6.07) is 13.2. The molecule has 2 aromatic carbocycles. The third-order valence-corrected chi connectivity index (χ3v) is 8.84. The standard InChI is InChI=1S/C26H28BrCl2N3O4S/c1-17(2)36-24(33)5-4-10-37(34,35)23-15-30-25-31(22-12-20(28)11-21(29)13-22)16-26(3,32(23)25)14-18-6-8-19(27)9-7-18/h6-9,11-13,15,17H,4-5,10,14,16H2,1-3H3/t26-/m1/s1. The molecule has 37 heavy (non-hydrogen) atoms. The van der Waals surface area contributed by atoms with E-state index < -0.39 is 21.3 Å². The lowest BCUT2D eigenvalue weighted by atomic mass is 9.93. The molecule has 0 unspecified atom stereocenters. The number of sulfone groups is 1. The fraction of sp³-hybridized carbons (Fsp3) is 0.385. The minimum absolute atomic E-state index is 0.0295. The van der Waals surface area contributed by atoms with Crippen molar-refractivity contribution in [1.82, 2.24) is 9.55 Å². The minimum Gasteiger partial charge on any atom is -0.463 e. The van der Waals surface area contributed by atoms with Crippen LogP contribution in [0.1, 0.15) is 39.2 Å². The smallest absolute Gasteiger partial charge is 0.306 e. The molecule has 0 saturated heterocycles. The van der Waals surface area contributed by atoms with E-state index in [4.69, 9.17) is 27.9 Å². The Labute approximate surface area is 235 Å². The second-order valence-electron chi connectivity index (χ2n) is 9.71. The van der Waals surface area contributed by atoms with E-state index in [1.165, 1.54) is 6.20 Å². The molecule has 0 saturated carbocycles. The summed E-state index contributed by atoms with van der Waals surface area (Å²) in [5, 5.41) is 1.07. The van der Waals surface area contributed by atoms with Gasteiger partial charge in [0.05, 0.1) is 23.6 Å². The zero-order chi connectivity index (χ0) is 27.0. The summed E-state index contributed by atoms with van der Waals surface area (Å²) in [4.78, 5) is 18.4. The van der Waals surface area contributed by atoms with Crippen molar-refractivity contribution in [2.24, 2.45) is 0 Å². The van der Waals surface area contributed by atoms with E-state index in [-0.39, 0.29) is 29.7 Å². The van der Waals surface area contributed by atoms with Crippen molar-refractivity contribution in [3.05, 3.63) is 68.7 Å². The van der Waals surface area contributed by atoms with Gasteiger partial charge in [0.1, 0.15) is 0 Å². The van der Waals surface area contributed by atoms with Crippen LogP contribution in [0.15, 0.2) is 58.2 Å². The number of rotatable bonds is 9. The van der Waals surface area contributed by atoms with Gasteiger partial charge in [0.15, 0.2) is 14.9 Å². The number of carbonyl (C=O) groups excluding carboxylic acids is 1. The van der Waals surface area contributed by atoms with E-state index >= 15 is 0 Å². The zero-order valence-electron chi connectivity index (χ0n) is 20.7. The number of benzene rings is 2. The number of hydrogen-bond donors (Lipinski definition) is 0. The maximum absolute atomic E-state index is 13.5. The maximum Gasteiger partial charge on any atom is 0.306 e. The first-order valence-corrected chi connectivity index (χ1v) is 15.1. The number of anilines is 2. The number of fused-ring (bicyclic) bond motifs is 1. The van der Waals surface area contributed by atoms with Crippen LogP contribution in [-0.2, 0) is 31.3 Å². The van der Waals surface area contributed by atoms with Crippen LogP contribution in [0.2, 0.25) is 10.0 Å². The van der Waals surface area contributed by atoms with Gasteiger partial charge in [-0.3, -0.25) is 9.36 Å². The predicted molar refractivity (Wildman–Crippen MR) is 150 cm³/mol. The van der Waals surface area contributed by atoms with E-state index in [0.717, 1.165) is 15.7 Å². The number of hydrogen-bond acceptors (Lipinski definition) is 6. The summed E-state index contributed by atoms with van der Waals surface area (Å²) in [7, 11) is -3.75. The van der Waals surface area contributed by atoms with Gasteiger partial charge in [-0.25, -0.2) is 13.4 Å². The van der Waals surface area contributed by atoms with Crippen molar-refractivity contribution >= 4 is 66.6 Å². The highest BCUT2D eigenvalue weighted by atomic mass is 79.9. The number of nitrogens with zero attached hydrogens (tertiary/aromatic N) is 3. The molecule has 198 valence electrons. The summed E-state index contributed by atoms with van der Waals surface area (Å²) in [6.07, 6.45) is 1.91. The van der Waals surface area contributed by atoms with Crippen LogP contribution >= 0.6 is 39.1 Å². The predicted octanol–water partition coefficient (Wildman–Crippen LogP) is 6.57. The molecule has 1 atom stereocenters. The Hall–Kier alpha value is -2.07. The molecule has 2 heterocycles. The van der Waals surface area contributed by atoms with Crippen molar-refractivity contribution < 1.29 is 17.9 Å². The van der Waals surface area contributed by atoms with Crippen LogP contribution in [-0.4, -0.2) is 42.3 Å². The fourth-order valence-electron chi connectivity index (χ4n) is 4.64. The van der Waals surface area contributed by atoms with Crippen molar-refractivity contribution in [1.29, 1.82) is 0 Å². The molecular formula is C26H28BrCl2N3O4S. The first-order valence-electron chi connectivity index (χ1n) is 11.9. The molecule has 1 aromatic heterocycles. The Morgan fingerprint density at radius 2 is 1.81 bits per heavy atom. The van der Waals surface area contributed by atoms with Gasteiger partial charge in [-0.15, -0.1) is 0 Å². The van der Waals surface area contributed by atoms with Gasteiger partial charge in [-0.05, 0) is 69.5 Å². The number of halogens is 3. The largest absolute Gasteiger partial charge is 0.463 e. The fourth-order valence-corrected chi connectivity index (χ4v) is 6.94. The molecule has 1 aliphatic heterocycles. The van der Waals surface area contributed by atoms with Gasteiger partial charge in [0.25, 0.3) is 0 Å². The molecule has 3 aromatic rings. The van der Waals surface area contributed by atoms with Crippen LogP contribution in [0.25, 0.3) is 0 Å². The number of aromatic nitrogens is 2. The van der Waals surface area contributed by atoms with Gasteiger partial charge in [0, 0.05) is 33.2 Å². The summed E-state index contributed by atoms with van der Waals surface area (Å²) in [5.41, 5.74) is 1.13. The first kappa shape index (κ1) is 28.0. The topological polar surface area (TPSA) is 81.5 Å². The molecule has 0 aliphatic carbocycles. The molecule has 11 heteroatoms. The molecule has 0 radical (unpaired) electrons. The van der Waals surface area contributed by atoms with Gasteiger partial charge in [-0.1, -0.05) is 51.3 Å². The SMILES string of the molecule is CC(C)OC(=O)CCCS(=O)(=O)c1cnc2n1[C@](C)(Cc1ccc(Br)cc1)CN2c1cc(Cl)cc(Cl)c1. The molecule has 1 aliphatic rings. The number of ether oxygens (including phenoxy) is 1. The van der Waals surface area contributed by atoms with Crippen molar-refractivity contribution in [3.63, 3.8) is 0 Å². The maximum atomic E-state index is 13.5. The van der Waals surface area contributed by atoms with Crippen LogP contribution in [0.3, 0.4) is 0 Å². The quantitative estimate of drug-likeness (QED) is 0.249. The summed E-state index contributed by atoms with van der Waals surface area (Å²) in [5.74, 6) is -0.105. The van der Waals surface area contributed by atoms with E-state index in [1.54, 1.807) is 36.6 Å². The van der Waals surface area contributed by atoms with E-state index in [1.807, 2.05) is 36.1 Å². The van der Waals surface area contributed by atoms with Gasteiger partial charge >= 0.3 is 5.97 Å². The number of imidazole rings is 1. The lowest BCUT2D eigenvalue weighted by Crippen LogP contribution is -2.36. The Balaban J connectivity index is 1.71. The van der Waals surface area contributed by atoms with E-state index in [2.05, 4.69) is 20.9 Å². The lowest BCUT2D eigenvalue weighted by Gasteiger charge is -2.28. The summed E-state index contributed by atoms with van der Waals surface area (Å²) >= 11 is 16.0. The van der Waals surface area contributed by atoms with Crippen LogP contribution in [0.4, 0.5) is 11.6 Å². The normalized spacial score (nSPS) is 17.3. The Kier molecular flexibility index (Phi) is 8.28. The molecule has 0 N–H and O–H groups in total. The van der Waals surface area contributed by atoms with Gasteiger partial charge in [-0.2, -0.15) is 0 Å². The Morgan fingerprint density at radius 3 is 2.43 bits per heavy atom. The summed E-state index contributed by atoms with van der Waals surface area (Å²) < 4.78 is 34.9. The van der Waals surface area contributed by atoms with Gasteiger partial charge in [0.2, 0.25) is 5.95 Å². The average molecular weight is 629 g/mol. The van der Waals surface area contributed by atoms with Crippen molar-refractivity contribution in [2.75, 3.05) is 17.2 Å². The molecule has 4 rings (SSSR count). The molecule has 0 bridgehead atoms. The minimum atomic E-state index is -3.75. The number of carbonyl (C=O) groups is 1. The highest BCUT2D eigenvalue weighted by molar-refractivity contribution is 9.10. The van der Waals surface area contributed by atoms with Crippen molar-refractivity contribution in [3.8, 4) is 0 Å². The third-order valence-electron chi connectivity index (χ3n) is 6.13. The first-order chi connectivity index (χ1) is 17.4. The molecule has 0 spiro atoms. The highest BCUT2D eigenvalue weighted by Gasteiger charge is 2.44. The third kappa shape index (κ3) is 6.33. The molecular weight excluding hydrogens is 601 g/mol. The second-order valence-corrected chi connectivity index (χ2v) is 13.6. The zero-order valence-corrected chi connectivity index (χ0v) is 24.7. The van der Waals surface area contributed by atoms with Crippen LogP contribution in [0.5, 0.6) is 0 Å². The van der Waals surface area contributed by atoms with Gasteiger partial charge < -0.3 is 9.64 Å². The van der Waals surface area contributed by atoms with Crippen molar-refractivity contribution in [2.45, 2.75) is 56.7 Å². The molecule has 7 nitrogen and oxygen atoms in total. The monoisotopic (exact) mass is 627 g/mol. The van der Waals surface area contributed by atoms with E-state index in [0.29, 0.717) is 29.0 Å². The average Bonchev–Trinajstić information content (AvgIpc) is 3.35. The highest BCUT2D eigenvalue weighted by Crippen LogP contribution is 2.43.